The molecule has 0 bridgehead atoms. The van der Waals surface area contributed by atoms with Crippen LogP contribution in [0.25, 0.3) is 22.2 Å². The lowest BCUT2D eigenvalue weighted by Crippen LogP contribution is -1.84. The molecule has 0 amide bonds. The number of carbonyl (C=O) groups is 1. The summed E-state index contributed by atoms with van der Waals surface area (Å²) in [5.74, 6) is 0. The zero-order valence-corrected chi connectivity index (χ0v) is 11.2. The molecule has 0 aliphatic carbocycles. The molecule has 1 N–H and O–H groups in total. The fraction of sp³-hybridized carbons (Fsp3) is 0.0625. The Morgan fingerprint density at radius 2 is 1.84 bits per heavy atom. The molecule has 19 heavy (non-hydrogen) atoms. The predicted octanol–water partition coefficient (Wildman–Crippen LogP) is 4.61. The van der Waals surface area contributed by atoms with Gasteiger partial charge in [0.1, 0.15) is 0 Å². The molecular formula is C16H12ClNO. The number of hydrogen-bond acceptors (Lipinski definition) is 1. The largest absolute Gasteiger partial charge is 0.354 e. The maximum absolute atomic E-state index is 11.4. The first-order chi connectivity index (χ1) is 9.19. The Hall–Kier alpha value is -2.06. The van der Waals surface area contributed by atoms with Gasteiger partial charge in [0.15, 0.2) is 6.29 Å². The minimum atomic E-state index is 0.630. The highest BCUT2D eigenvalue weighted by Crippen LogP contribution is 2.30. The fourth-order valence-electron chi connectivity index (χ4n) is 2.26. The van der Waals surface area contributed by atoms with E-state index in [1.807, 2.05) is 49.4 Å². The maximum Gasteiger partial charge on any atom is 0.152 e. The zero-order valence-electron chi connectivity index (χ0n) is 10.4. The van der Waals surface area contributed by atoms with Crippen molar-refractivity contribution in [2.24, 2.45) is 0 Å². The molecule has 1 aromatic heterocycles. The molecule has 0 radical (unpaired) electrons. The van der Waals surface area contributed by atoms with Crippen LogP contribution in [0.15, 0.2) is 42.5 Å². The van der Waals surface area contributed by atoms with Crippen LogP contribution in [-0.2, 0) is 0 Å². The molecule has 0 spiro atoms. The Kier molecular flexibility index (Phi) is 2.88. The van der Waals surface area contributed by atoms with E-state index in [1.54, 1.807) is 0 Å². The number of aldehydes is 1. The van der Waals surface area contributed by atoms with Gasteiger partial charge in [-0.2, -0.15) is 0 Å². The summed E-state index contributed by atoms with van der Waals surface area (Å²) in [4.78, 5) is 14.7. The number of aromatic nitrogens is 1. The van der Waals surface area contributed by atoms with E-state index in [-0.39, 0.29) is 0 Å². The van der Waals surface area contributed by atoms with Gasteiger partial charge in [-0.25, -0.2) is 0 Å². The van der Waals surface area contributed by atoms with Crippen LogP contribution >= 0.6 is 11.6 Å². The van der Waals surface area contributed by atoms with Crippen molar-refractivity contribution in [2.75, 3.05) is 0 Å². The second kappa shape index (κ2) is 4.56. The van der Waals surface area contributed by atoms with Gasteiger partial charge in [-0.15, -0.1) is 0 Å². The Balaban J connectivity index is 2.28. The highest BCUT2D eigenvalue weighted by atomic mass is 35.5. The molecular weight excluding hydrogens is 258 g/mol. The van der Waals surface area contributed by atoms with E-state index in [2.05, 4.69) is 4.98 Å². The second-order valence-corrected chi connectivity index (χ2v) is 5.02. The molecule has 94 valence electrons. The summed E-state index contributed by atoms with van der Waals surface area (Å²) in [7, 11) is 0. The van der Waals surface area contributed by atoms with Crippen molar-refractivity contribution in [2.45, 2.75) is 6.92 Å². The van der Waals surface area contributed by atoms with E-state index in [0.29, 0.717) is 10.6 Å². The van der Waals surface area contributed by atoms with Crippen LogP contribution in [-0.4, -0.2) is 11.3 Å². The second-order valence-electron chi connectivity index (χ2n) is 4.59. The maximum atomic E-state index is 11.4. The number of hydrogen-bond donors (Lipinski definition) is 1. The van der Waals surface area contributed by atoms with Gasteiger partial charge < -0.3 is 4.98 Å². The molecule has 0 aliphatic heterocycles. The van der Waals surface area contributed by atoms with E-state index < -0.39 is 0 Å². The lowest BCUT2D eigenvalue weighted by atomic mass is 10.1. The molecule has 3 heteroatoms. The summed E-state index contributed by atoms with van der Waals surface area (Å²) >= 11 is 5.99. The quantitative estimate of drug-likeness (QED) is 0.677. The molecule has 3 rings (SSSR count). The number of rotatable bonds is 2. The molecule has 2 aromatic carbocycles. The van der Waals surface area contributed by atoms with Gasteiger partial charge >= 0.3 is 0 Å². The topological polar surface area (TPSA) is 32.9 Å². The van der Waals surface area contributed by atoms with Crippen molar-refractivity contribution in [3.8, 4) is 11.3 Å². The number of fused-ring (bicyclic) bond motifs is 1. The monoisotopic (exact) mass is 269 g/mol. The number of benzene rings is 2. The molecule has 2 nitrogen and oxygen atoms in total. The van der Waals surface area contributed by atoms with Crippen LogP contribution in [0.2, 0.25) is 5.02 Å². The first kappa shape index (κ1) is 12.0. The van der Waals surface area contributed by atoms with Gasteiger partial charge in [-0.1, -0.05) is 41.4 Å². The van der Waals surface area contributed by atoms with E-state index >= 15 is 0 Å². The van der Waals surface area contributed by atoms with E-state index in [0.717, 1.165) is 28.4 Å². The normalized spacial score (nSPS) is 10.8. The Morgan fingerprint density at radius 3 is 2.53 bits per heavy atom. The number of halogens is 1. The van der Waals surface area contributed by atoms with Crippen LogP contribution in [0.4, 0.5) is 0 Å². The smallest absolute Gasteiger partial charge is 0.152 e. The molecule has 1 heterocycles. The average molecular weight is 270 g/mol. The van der Waals surface area contributed by atoms with Gasteiger partial charge in [0.2, 0.25) is 0 Å². The van der Waals surface area contributed by atoms with Gasteiger partial charge in [-0.05, 0) is 30.7 Å². The van der Waals surface area contributed by atoms with Crippen LogP contribution in [0, 0.1) is 6.92 Å². The van der Waals surface area contributed by atoms with Gasteiger partial charge in [0, 0.05) is 21.5 Å². The summed E-state index contributed by atoms with van der Waals surface area (Å²) in [6, 6.07) is 13.6. The van der Waals surface area contributed by atoms with E-state index in [4.69, 9.17) is 11.6 Å². The van der Waals surface area contributed by atoms with Crippen LogP contribution in [0.5, 0.6) is 0 Å². The summed E-state index contributed by atoms with van der Waals surface area (Å²) in [5, 5.41) is 1.49. The van der Waals surface area contributed by atoms with Crippen molar-refractivity contribution >= 4 is 28.8 Å². The Bertz CT molecular complexity index is 756. The van der Waals surface area contributed by atoms with Crippen molar-refractivity contribution in [1.82, 2.24) is 4.98 Å². The average Bonchev–Trinajstić information content (AvgIpc) is 2.77. The first-order valence-corrected chi connectivity index (χ1v) is 6.40. The van der Waals surface area contributed by atoms with E-state index in [9.17, 15) is 4.79 Å². The third-order valence-electron chi connectivity index (χ3n) is 3.26. The third-order valence-corrected chi connectivity index (χ3v) is 3.49. The van der Waals surface area contributed by atoms with E-state index in [1.165, 1.54) is 5.56 Å². The summed E-state index contributed by atoms with van der Waals surface area (Å²) in [6.45, 7) is 2.04. The first-order valence-electron chi connectivity index (χ1n) is 6.02. The number of aryl methyl sites for hydroxylation is 1. The molecule has 0 saturated heterocycles. The predicted molar refractivity (Wildman–Crippen MR) is 78.9 cm³/mol. The lowest BCUT2D eigenvalue weighted by molar-refractivity contribution is 0.112. The van der Waals surface area contributed by atoms with Gasteiger partial charge in [0.05, 0.1) is 5.69 Å². The number of nitrogens with one attached hydrogen (secondary N) is 1. The Morgan fingerprint density at radius 1 is 1.11 bits per heavy atom. The highest BCUT2D eigenvalue weighted by molar-refractivity contribution is 6.31. The van der Waals surface area contributed by atoms with Gasteiger partial charge in [-0.3, -0.25) is 4.79 Å². The van der Waals surface area contributed by atoms with Crippen molar-refractivity contribution in [3.63, 3.8) is 0 Å². The minimum Gasteiger partial charge on any atom is -0.354 e. The van der Waals surface area contributed by atoms with Crippen LogP contribution < -0.4 is 0 Å². The Labute approximate surface area is 116 Å². The van der Waals surface area contributed by atoms with Crippen molar-refractivity contribution in [3.05, 3.63) is 58.6 Å². The number of aromatic amines is 1. The molecule has 0 unspecified atom stereocenters. The van der Waals surface area contributed by atoms with Gasteiger partial charge in [0.25, 0.3) is 0 Å². The molecule has 3 aromatic rings. The number of carbonyl (C=O) groups excluding carboxylic acids is 1. The number of H-pyrrole nitrogens is 1. The highest BCUT2D eigenvalue weighted by Gasteiger charge is 2.12. The summed E-state index contributed by atoms with van der Waals surface area (Å²) < 4.78 is 0. The molecule has 0 atom stereocenters. The standard InChI is InChI=1S/C16H12ClNO/c1-10-2-4-11(5-3-10)16-14(9-19)13-8-12(17)6-7-15(13)18-16/h2-9,18H,1H3. The molecule has 0 saturated carbocycles. The minimum absolute atomic E-state index is 0.630. The van der Waals surface area contributed by atoms with Crippen molar-refractivity contribution in [1.29, 1.82) is 0 Å². The lowest BCUT2D eigenvalue weighted by Gasteiger charge is -2.00. The SMILES string of the molecule is Cc1ccc(-c2[nH]c3ccc(Cl)cc3c2C=O)cc1. The van der Waals surface area contributed by atoms with Crippen LogP contribution in [0.1, 0.15) is 15.9 Å². The third kappa shape index (κ3) is 2.04. The fourth-order valence-corrected chi connectivity index (χ4v) is 2.43. The summed E-state index contributed by atoms with van der Waals surface area (Å²) in [5.41, 5.74) is 4.60. The molecule has 0 fully saturated rings. The zero-order chi connectivity index (χ0) is 13.4. The van der Waals surface area contributed by atoms with Crippen LogP contribution in [0.3, 0.4) is 0 Å². The summed E-state index contributed by atoms with van der Waals surface area (Å²) in [6.07, 6.45) is 0.879. The van der Waals surface area contributed by atoms with Crippen molar-refractivity contribution < 1.29 is 4.79 Å². The molecule has 0 aliphatic rings.